The molecule has 3 fully saturated rings. The third-order valence-electron chi connectivity index (χ3n) is 6.31. The Labute approximate surface area is 151 Å². The number of hydrogen-bond acceptors (Lipinski definition) is 4. The highest BCUT2D eigenvalue weighted by molar-refractivity contribution is 7.85. The number of ether oxygens (including phenoxy) is 1. The van der Waals surface area contributed by atoms with Crippen molar-refractivity contribution in [2.45, 2.75) is 50.1 Å². The van der Waals surface area contributed by atoms with Crippen LogP contribution in [-0.4, -0.2) is 42.6 Å². The number of esters is 1. The summed E-state index contributed by atoms with van der Waals surface area (Å²) in [6, 6.07) is 0. The second-order valence-electron chi connectivity index (χ2n) is 7.73. The fourth-order valence-electron chi connectivity index (χ4n) is 5.31. The Morgan fingerprint density at radius 1 is 0.963 bits per heavy atom. The summed E-state index contributed by atoms with van der Waals surface area (Å²) < 4.78 is 114. The van der Waals surface area contributed by atoms with E-state index in [2.05, 4.69) is 4.74 Å². The van der Waals surface area contributed by atoms with E-state index in [1.165, 1.54) is 0 Å². The van der Waals surface area contributed by atoms with Gasteiger partial charge in [0.1, 0.15) is 5.75 Å². The van der Waals surface area contributed by atoms with Crippen LogP contribution in [0.3, 0.4) is 0 Å². The van der Waals surface area contributed by atoms with Gasteiger partial charge in [-0.15, -0.1) is 0 Å². The van der Waals surface area contributed by atoms with Gasteiger partial charge in [-0.3, -0.25) is 9.35 Å². The number of fused-ring (bicyclic) bond motifs is 5. The Bertz CT molecular complexity index is 701. The molecular weight excluding hydrogens is 406 g/mol. The lowest BCUT2D eigenvalue weighted by atomic mass is 9.76. The molecule has 3 rings (SSSR count). The Morgan fingerprint density at radius 2 is 1.52 bits per heavy atom. The maximum absolute atomic E-state index is 13.3. The Hall–Kier alpha value is -1.04. The van der Waals surface area contributed by atoms with E-state index in [-0.39, 0.29) is 24.2 Å². The predicted molar refractivity (Wildman–Crippen MR) is 77.9 cm³/mol. The highest BCUT2D eigenvalue weighted by Gasteiger charge is 2.76. The molecule has 3 saturated carbocycles. The summed E-state index contributed by atoms with van der Waals surface area (Å²) in [7, 11) is -5.76. The fraction of sp³-hybridized carbons (Fsp3) is 0.933. The molecule has 12 heteroatoms. The van der Waals surface area contributed by atoms with Crippen LogP contribution < -0.4 is 0 Å². The number of hydrogen-bond donors (Lipinski definition) is 1. The molecule has 27 heavy (non-hydrogen) atoms. The van der Waals surface area contributed by atoms with Crippen LogP contribution >= 0.6 is 0 Å². The van der Waals surface area contributed by atoms with Crippen molar-refractivity contribution in [1.82, 2.24) is 0 Å². The molecule has 0 heterocycles. The average molecular weight is 424 g/mol. The summed E-state index contributed by atoms with van der Waals surface area (Å²) in [5.74, 6) is -5.52. The summed E-state index contributed by atoms with van der Waals surface area (Å²) in [4.78, 5) is 12.3. The fourth-order valence-corrected chi connectivity index (χ4v) is 6.21. The molecule has 5 unspecified atom stereocenters. The van der Waals surface area contributed by atoms with Crippen LogP contribution in [-0.2, 0) is 19.6 Å². The zero-order chi connectivity index (χ0) is 20.4. The van der Waals surface area contributed by atoms with E-state index in [9.17, 15) is 39.6 Å². The molecular formula is C15H18F6O5S. The largest absolute Gasteiger partial charge is 0.438 e. The maximum atomic E-state index is 13.3. The van der Waals surface area contributed by atoms with Crippen LogP contribution in [0, 0.1) is 29.6 Å². The van der Waals surface area contributed by atoms with Gasteiger partial charge in [-0.05, 0) is 49.4 Å². The smallest absolute Gasteiger partial charge is 0.438 e. The van der Waals surface area contributed by atoms with Gasteiger partial charge in [0.15, 0.2) is 0 Å². The molecule has 0 aromatic carbocycles. The number of halogens is 6. The van der Waals surface area contributed by atoms with Crippen LogP contribution in [0.2, 0.25) is 0 Å². The van der Waals surface area contributed by atoms with Crippen molar-refractivity contribution in [3.05, 3.63) is 0 Å². The highest BCUT2D eigenvalue weighted by atomic mass is 32.2. The van der Waals surface area contributed by atoms with Gasteiger partial charge >= 0.3 is 23.9 Å². The molecule has 0 aromatic rings. The molecule has 0 radical (unpaired) electrons. The second-order valence-corrected chi connectivity index (χ2v) is 9.18. The van der Waals surface area contributed by atoms with Crippen molar-refractivity contribution in [1.29, 1.82) is 0 Å². The summed E-state index contributed by atoms with van der Waals surface area (Å²) in [5.41, 5.74) is -5.30. The minimum absolute atomic E-state index is 0.0628. The van der Waals surface area contributed by atoms with E-state index in [4.69, 9.17) is 4.55 Å². The van der Waals surface area contributed by atoms with Gasteiger partial charge in [-0.25, -0.2) is 0 Å². The minimum atomic E-state index is -6.27. The van der Waals surface area contributed by atoms with Gasteiger partial charge < -0.3 is 4.74 Å². The summed E-state index contributed by atoms with van der Waals surface area (Å²) in [5, 5.41) is 0. The zero-order valence-corrected chi connectivity index (χ0v) is 14.7. The van der Waals surface area contributed by atoms with E-state index >= 15 is 0 Å². The van der Waals surface area contributed by atoms with Gasteiger partial charge in [0.25, 0.3) is 10.1 Å². The first-order chi connectivity index (χ1) is 12.2. The van der Waals surface area contributed by atoms with E-state index in [1.807, 2.05) is 0 Å². The van der Waals surface area contributed by atoms with E-state index < -0.39 is 45.7 Å². The normalized spacial score (nSPS) is 34.0. The average Bonchev–Trinajstić information content (AvgIpc) is 3.15. The molecule has 0 saturated heterocycles. The molecule has 3 aliphatic rings. The Kier molecular flexibility index (Phi) is 4.77. The molecule has 0 aliphatic heterocycles. The lowest BCUT2D eigenvalue weighted by Crippen LogP contribution is -2.64. The topological polar surface area (TPSA) is 80.7 Å². The number of rotatable bonds is 4. The SMILES string of the molecule is O=C(OC(CS(=O)(=O)O)(C(F)(F)F)C(F)(F)F)C1CC2CC1C1CCCC21. The van der Waals surface area contributed by atoms with Gasteiger partial charge in [-0.1, -0.05) is 6.42 Å². The third kappa shape index (κ3) is 3.43. The standard InChI is InChI=1S/C15H18F6O5S/c16-14(17,18)13(15(19,20)21,6-27(23,24)25)26-12(22)11-5-7-4-10(11)9-3-1-2-8(7)9/h7-11H,1-6H2,(H,23,24,25). The first-order valence-electron chi connectivity index (χ1n) is 8.48. The minimum Gasteiger partial charge on any atom is -0.438 e. The second kappa shape index (κ2) is 6.23. The van der Waals surface area contributed by atoms with Crippen molar-refractivity contribution in [2.24, 2.45) is 29.6 Å². The predicted octanol–water partition coefficient (Wildman–Crippen LogP) is 3.35. The van der Waals surface area contributed by atoms with Crippen molar-refractivity contribution in [3.8, 4) is 0 Å². The van der Waals surface area contributed by atoms with Crippen LogP contribution in [0.25, 0.3) is 0 Å². The quantitative estimate of drug-likeness (QED) is 0.425. The van der Waals surface area contributed by atoms with E-state index in [0.717, 1.165) is 19.3 Å². The number of alkyl halides is 6. The van der Waals surface area contributed by atoms with Crippen LogP contribution in [0.1, 0.15) is 32.1 Å². The first kappa shape index (κ1) is 20.7. The van der Waals surface area contributed by atoms with Crippen molar-refractivity contribution < 1.29 is 48.8 Å². The monoisotopic (exact) mass is 424 g/mol. The van der Waals surface area contributed by atoms with Gasteiger partial charge in [0.2, 0.25) is 0 Å². The molecule has 2 bridgehead atoms. The summed E-state index contributed by atoms with van der Waals surface area (Å²) >= 11 is 0. The molecule has 0 spiro atoms. The Morgan fingerprint density at radius 3 is 2.04 bits per heavy atom. The Balaban J connectivity index is 1.89. The molecule has 5 nitrogen and oxygen atoms in total. The lowest BCUT2D eigenvalue weighted by molar-refractivity contribution is -0.362. The lowest BCUT2D eigenvalue weighted by Gasteiger charge is -2.38. The maximum Gasteiger partial charge on any atom is 0.438 e. The zero-order valence-electron chi connectivity index (χ0n) is 13.9. The van der Waals surface area contributed by atoms with Crippen LogP contribution in [0.4, 0.5) is 26.3 Å². The number of carbonyl (C=O) groups is 1. The van der Waals surface area contributed by atoms with E-state index in [0.29, 0.717) is 12.3 Å². The molecule has 156 valence electrons. The molecule has 0 amide bonds. The van der Waals surface area contributed by atoms with Crippen LogP contribution in [0.5, 0.6) is 0 Å². The van der Waals surface area contributed by atoms with Crippen molar-refractivity contribution in [3.63, 3.8) is 0 Å². The first-order valence-corrected chi connectivity index (χ1v) is 10.1. The van der Waals surface area contributed by atoms with E-state index in [1.54, 1.807) is 0 Å². The van der Waals surface area contributed by atoms with Gasteiger partial charge in [0, 0.05) is 0 Å². The van der Waals surface area contributed by atoms with Gasteiger partial charge in [0.05, 0.1) is 5.92 Å². The van der Waals surface area contributed by atoms with Gasteiger partial charge in [-0.2, -0.15) is 34.8 Å². The summed E-state index contributed by atoms with van der Waals surface area (Å²) in [6.45, 7) is 0. The third-order valence-corrected chi connectivity index (χ3v) is 7.08. The highest BCUT2D eigenvalue weighted by Crippen LogP contribution is 2.61. The summed E-state index contributed by atoms with van der Waals surface area (Å²) in [6.07, 6.45) is -9.24. The van der Waals surface area contributed by atoms with Crippen molar-refractivity contribution >= 4 is 16.1 Å². The molecule has 5 atom stereocenters. The van der Waals surface area contributed by atoms with Crippen molar-refractivity contribution in [2.75, 3.05) is 5.75 Å². The van der Waals surface area contributed by atoms with Crippen LogP contribution in [0.15, 0.2) is 0 Å². The molecule has 0 aromatic heterocycles. The molecule has 1 N–H and O–H groups in total. The molecule has 3 aliphatic carbocycles. The number of carbonyl (C=O) groups excluding carboxylic acids is 1.